The number of aliphatic carboxylic acids is 2. The smallest absolute Gasteiger partial charge is 0.321 e. The van der Waals surface area contributed by atoms with Crippen molar-refractivity contribution in [2.75, 3.05) is 5.75 Å². The average molecular weight is 466 g/mol. The highest BCUT2D eigenvalue weighted by molar-refractivity contribution is 8.00. The van der Waals surface area contributed by atoms with E-state index in [2.05, 4.69) is 31.2 Å². The zero-order valence-electron chi connectivity index (χ0n) is 19.1. The summed E-state index contributed by atoms with van der Waals surface area (Å²) in [7, 11) is 0. The molecule has 7 heteroatoms. The van der Waals surface area contributed by atoms with Gasteiger partial charge in [-0.05, 0) is 43.2 Å². The first-order valence-electron chi connectivity index (χ1n) is 11.6. The van der Waals surface area contributed by atoms with Crippen LogP contribution in [-0.2, 0) is 22.4 Å². The lowest BCUT2D eigenvalue weighted by Gasteiger charge is -2.20. The number of hydrogen-bond acceptors (Lipinski definition) is 5. The van der Waals surface area contributed by atoms with Crippen molar-refractivity contribution in [1.82, 2.24) is 0 Å². The number of unbranched alkanes of at least 4 members (excludes halogenated alkanes) is 4. The van der Waals surface area contributed by atoms with Crippen LogP contribution in [0.25, 0.3) is 0 Å². The maximum Gasteiger partial charge on any atom is 0.321 e. The van der Waals surface area contributed by atoms with Gasteiger partial charge in [-0.3, -0.25) is 9.59 Å². The molecule has 1 rings (SSSR count). The molecule has 0 aliphatic rings. The molecule has 0 saturated carbocycles. The fraction of sp³-hybridized carbons (Fsp3) is 0.600. The molecule has 1 aromatic carbocycles. The Morgan fingerprint density at radius 2 is 1.69 bits per heavy atom. The number of benzene rings is 1. The van der Waals surface area contributed by atoms with Gasteiger partial charge in [-0.1, -0.05) is 69.0 Å². The number of aliphatic hydroxyl groups excluding tert-OH is 1. The molecule has 0 amide bonds. The molecule has 0 aliphatic carbocycles. The van der Waals surface area contributed by atoms with Gasteiger partial charge < -0.3 is 21.1 Å². The van der Waals surface area contributed by atoms with Crippen LogP contribution in [0.1, 0.15) is 69.4 Å². The molecule has 180 valence electrons. The third-order valence-corrected chi connectivity index (χ3v) is 6.73. The van der Waals surface area contributed by atoms with Gasteiger partial charge in [-0.2, -0.15) is 0 Å². The molecule has 0 aliphatic heterocycles. The van der Waals surface area contributed by atoms with Crippen molar-refractivity contribution in [3.63, 3.8) is 0 Å². The highest BCUT2D eigenvalue weighted by atomic mass is 32.2. The zero-order chi connectivity index (χ0) is 23.8. The normalized spacial score (nSPS) is 14.3. The van der Waals surface area contributed by atoms with Crippen molar-refractivity contribution in [1.29, 1.82) is 0 Å². The van der Waals surface area contributed by atoms with Gasteiger partial charge in [0.1, 0.15) is 6.04 Å². The molecule has 0 fully saturated rings. The first-order chi connectivity index (χ1) is 15.3. The summed E-state index contributed by atoms with van der Waals surface area (Å²) in [6.45, 7) is 2.22. The molecule has 32 heavy (non-hydrogen) atoms. The molecule has 0 radical (unpaired) electrons. The van der Waals surface area contributed by atoms with Crippen LogP contribution in [0.4, 0.5) is 0 Å². The first kappa shape index (κ1) is 28.2. The SMILES string of the molecule is CCCCCCCc1ccc(C/C=C\[C@H](SC[C@H](N)C(=O)O)[C@@H](O)CCCC(=O)O)cc1. The van der Waals surface area contributed by atoms with Crippen LogP contribution in [0, 0.1) is 0 Å². The van der Waals surface area contributed by atoms with E-state index in [9.17, 15) is 14.7 Å². The molecule has 6 nitrogen and oxygen atoms in total. The van der Waals surface area contributed by atoms with Crippen molar-refractivity contribution < 1.29 is 24.9 Å². The Morgan fingerprint density at radius 1 is 1.03 bits per heavy atom. The quantitative estimate of drug-likeness (QED) is 0.187. The molecule has 5 N–H and O–H groups in total. The number of aryl methyl sites for hydroxylation is 1. The summed E-state index contributed by atoms with van der Waals surface area (Å²) in [4.78, 5) is 21.7. The molecular formula is C25H39NO5S. The second-order valence-corrected chi connectivity index (χ2v) is 9.42. The van der Waals surface area contributed by atoms with Crippen LogP contribution >= 0.6 is 11.8 Å². The van der Waals surface area contributed by atoms with Gasteiger partial charge in [0.15, 0.2) is 0 Å². The minimum absolute atomic E-state index is 0.00223. The third kappa shape index (κ3) is 12.9. The molecule has 1 aromatic rings. The molecule has 0 bridgehead atoms. The molecule has 0 aromatic heterocycles. The Kier molecular flexibility index (Phi) is 14.8. The summed E-state index contributed by atoms with van der Waals surface area (Å²) in [6, 6.07) is 7.58. The second-order valence-electron chi connectivity index (χ2n) is 8.21. The van der Waals surface area contributed by atoms with Crippen LogP contribution < -0.4 is 5.73 Å². The van der Waals surface area contributed by atoms with Crippen molar-refractivity contribution >= 4 is 23.7 Å². The summed E-state index contributed by atoms with van der Waals surface area (Å²) in [5, 5.41) is 27.9. The van der Waals surface area contributed by atoms with E-state index in [0.29, 0.717) is 19.3 Å². The van der Waals surface area contributed by atoms with Gasteiger partial charge in [0, 0.05) is 17.4 Å². The molecule has 3 atom stereocenters. The standard InChI is InChI=1S/C25H39NO5S/c1-2-3-4-5-6-9-19-14-16-20(17-15-19)10-7-12-23(32-18-21(26)25(30)31)22(27)11-8-13-24(28)29/h7,12,14-17,21-23,27H,2-6,8-11,13,18,26H2,1H3,(H,28,29)(H,30,31)/b12-7-/t21-,22-,23-/m0/s1. The van der Waals surface area contributed by atoms with Gasteiger partial charge in [-0.25, -0.2) is 0 Å². The summed E-state index contributed by atoms with van der Waals surface area (Å²) in [5.41, 5.74) is 8.11. The lowest BCUT2D eigenvalue weighted by atomic mass is 10.0. The van der Waals surface area contributed by atoms with Gasteiger partial charge >= 0.3 is 11.9 Å². The Bertz CT molecular complexity index is 692. The molecule has 0 heterocycles. The zero-order valence-corrected chi connectivity index (χ0v) is 19.9. The van der Waals surface area contributed by atoms with Crippen LogP contribution in [0.2, 0.25) is 0 Å². The van der Waals surface area contributed by atoms with E-state index in [4.69, 9.17) is 15.9 Å². The number of nitrogens with two attached hydrogens (primary N) is 1. The second kappa shape index (κ2) is 16.8. The Hall–Kier alpha value is -1.83. The van der Waals surface area contributed by atoms with E-state index in [0.717, 1.165) is 6.42 Å². The van der Waals surface area contributed by atoms with E-state index in [-0.39, 0.29) is 17.4 Å². The predicted molar refractivity (Wildman–Crippen MR) is 131 cm³/mol. The Balaban J connectivity index is 2.58. The number of rotatable bonds is 18. The minimum atomic E-state index is -1.08. The number of hydrogen-bond donors (Lipinski definition) is 4. The van der Waals surface area contributed by atoms with Crippen molar-refractivity contribution in [2.24, 2.45) is 5.73 Å². The Labute approximate surface area is 196 Å². The third-order valence-electron chi connectivity index (χ3n) is 5.33. The van der Waals surface area contributed by atoms with E-state index in [1.165, 1.54) is 55.0 Å². The van der Waals surface area contributed by atoms with Crippen LogP contribution in [0.5, 0.6) is 0 Å². The van der Waals surface area contributed by atoms with E-state index < -0.39 is 24.1 Å². The summed E-state index contributed by atoms with van der Waals surface area (Å²) >= 11 is 1.29. The maximum absolute atomic E-state index is 11.0. The van der Waals surface area contributed by atoms with Crippen LogP contribution in [-0.4, -0.2) is 50.4 Å². The maximum atomic E-state index is 11.0. The largest absolute Gasteiger partial charge is 0.481 e. The van der Waals surface area contributed by atoms with Crippen molar-refractivity contribution in [2.45, 2.75) is 88.5 Å². The van der Waals surface area contributed by atoms with Gasteiger partial charge in [0.25, 0.3) is 0 Å². The number of allylic oxidation sites excluding steroid dienone is 1. The van der Waals surface area contributed by atoms with Crippen LogP contribution in [0.15, 0.2) is 36.4 Å². The fourth-order valence-corrected chi connectivity index (χ4v) is 4.47. The topological polar surface area (TPSA) is 121 Å². The predicted octanol–water partition coefficient (Wildman–Crippen LogP) is 4.43. The van der Waals surface area contributed by atoms with Crippen LogP contribution in [0.3, 0.4) is 0 Å². The first-order valence-corrected chi connectivity index (χ1v) is 12.6. The molecule has 0 spiro atoms. The number of carbonyl (C=O) groups is 2. The minimum Gasteiger partial charge on any atom is -0.481 e. The van der Waals surface area contributed by atoms with E-state index in [1.54, 1.807) is 0 Å². The van der Waals surface area contributed by atoms with E-state index >= 15 is 0 Å². The van der Waals surface area contributed by atoms with E-state index in [1.807, 2.05) is 12.2 Å². The van der Waals surface area contributed by atoms with Crippen molar-refractivity contribution in [3.8, 4) is 0 Å². The highest BCUT2D eigenvalue weighted by Crippen LogP contribution is 2.21. The molecule has 0 saturated heterocycles. The molecule has 0 unspecified atom stereocenters. The number of carboxylic acid groups (broad SMARTS) is 2. The van der Waals surface area contributed by atoms with Crippen molar-refractivity contribution in [3.05, 3.63) is 47.5 Å². The monoisotopic (exact) mass is 465 g/mol. The van der Waals surface area contributed by atoms with Gasteiger partial charge in [-0.15, -0.1) is 11.8 Å². The summed E-state index contributed by atoms with van der Waals surface area (Å²) < 4.78 is 0. The lowest BCUT2D eigenvalue weighted by Crippen LogP contribution is -2.34. The Morgan fingerprint density at radius 3 is 2.31 bits per heavy atom. The lowest BCUT2D eigenvalue weighted by molar-refractivity contribution is -0.138. The van der Waals surface area contributed by atoms with Gasteiger partial charge in [0.2, 0.25) is 0 Å². The summed E-state index contributed by atoms with van der Waals surface area (Å²) in [5.74, 6) is -1.80. The summed E-state index contributed by atoms with van der Waals surface area (Å²) in [6.07, 6.45) is 12.0. The highest BCUT2D eigenvalue weighted by Gasteiger charge is 2.20. The number of aliphatic hydroxyl groups is 1. The van der Waals surface area contributed by atoms with Gasteiger partial charge in [0.05, 0.1) is 6.10 Å². The average Bonchev–Trinajstić information content (AvgIpc) is 2.76. The molecular weight excluding hydrogens is 426 g/mol. The number of carboxylic acids is 2. The fourth-order valence-electron chi connectivity index (χ4n) is 3.32. The number of thioether (sulfide) groups is 1.